The van der Waals surface area contributed by atoms with Crippen LogP contribution < -0.4 is 4.74 Å². The molecule has 1 aliphatic rings. The average Bonchev–Trinajstić information content (AvgIpc) is 3.09. The van der Waals surface area contributed by atoms with Crippen LogP contribution in [-0.2, 0) is 4.79 Å². The van der Waals surface area contributed by atoms with E-state index >= 15 is 0 Å². The van der Waals surface area contributed by atoms with E-state index in [1.54, 1.807) is 18.2 Å². The zero-order valence-electron chi connectivity index (χ0n) is 9.68. The summed E-state index contributed by atoms with van der Waals surface area (Å²) in [6.45, 7) is -2.89. The Morgan fingerprint density at radius 1 is 1.39 bits per heavy atom. The first-order valence-electron chi connectivity index (χ1n) is 5.83. The fraction of sp³-hybridized carbons (Fsp3) is 0.462. The molecule has 1 saturated carbocycles. The minimum absolute atomic E-state index is 0.0473. The standard InChI is InChI=1S/C13H14F2O3/c14-13(15)18-11-4-2-1-3-9(11)10(7-12(16)17)8-5-6-8/h1-4,8,10,13H,5-7H2,(H,16,17). The Bertz CT molecular complexity index is 430. The van der Waals surface area contributed by atoms with E-state index in [9.17, 15) is 13.6 Å². The maximum absolute atomic E-state index is 12.3. The largest absolute Gasteiger partial charge is 0.481 e. The molecular weight excluding hydrogens is 242 g/mol. The first-order valence-corrected chi connectivity index (χ1v) is 5.83. The summed E-state index contributed by atoms with van der Waals surface area (Å²) in [5, 5.41) is 8.91. The van der Waals surface area contributed by atoms with Gasteiger partial charge in [0.05, 0.1) is 6.42 Å². The van der Waals surface area contributed by atoms with E-state index in [4.69, 9.17) is 5.11 Å². The lowest BCUT2D eigenvalue weighted by Crippen LogP contribution is -2.11. The van der Waals surface area contributed by atoms with Crippen molar-refractivity contribution in [3.63, 3.8) is 0 Å². The van der Waals surface area contributed by atoms with Crippen molar-refractivity contribution < 1.29 is 23.4 Å². The Morgan fingerprint density at radius 3 is 2.61 bits per heavy atom. The van der Waals surface area contributed by atoms with E-state index in [-0.39, 0.29) is 24.0 Å². The summed E-state index contributed by atoms with van der Waals surface area (Å²) < 4.78 is 29.1. The van der Waals surface area contributed by atoms with E-state index < -0.39 is 12.6 Å². The monoisotopic (exact) mass is 256 g/mol. The summed E-state index contributed by atoms with van der Waals surface area (Å²) in [6.07, 6.45) is 1.84. The van der Waals surface area contributed by atoms with Crippen molar-refractivity contribution in [2.24, 2.45) is 5.92 Å². The Hall–Kier alpha value is -1.65. The zero-order chi connectivity index (χ0) is 13.1. The lowest BCUT2D eigenvalue weighted by atomic mass is 9.90. The van der Waals surface area contributed by atoms with Crippen molar-refractivity contribution in [2.45, 2.75) is 31.8 Å². The number of rotatable bonds is 6. The summed E-state index contributed by atoms with van der Waals surface area (Å²) in [4.78, 5) is 10.9. The topological polar surface area (TPSA) is 46.5 Å². The van der Waals surface area contributed by atoms with Gasteiger partial charge in [0.1, 0.15) is 5.75 Å². The van der Waals surface area contributed by atoms with Crippen LogP contribution >= 0.6 is 0 Å². The molecule has 1 N–H and O–H groups in total. The number of hydrogen-bond acceptors (Lipinski definition) is 2. The van der Waals surface area contributed by atoms with E-state index in [0.29, 0.717) is 5.56 Å². The Labute approximate surface area is 103 Å². The quantitative estimate of drug-likeness (QED) is 0.849. The van der Waals surface area contributed by atoms with Crippen LogP contribution in [0.4, 0.5) is 8.78 Å². The van der Waals surface area contributed by atoms with Crippen molar-refractivity contribution in [3.05, 3.63) is 29.8 Å². The number of halogens is 2. The zero-order valence-corrected chi connectivity index (χ0v) is 9.68. The molecule has 98 valence electrons. The first kappa shape index (κ1) is 12.8. The maximum Gasteiger partial charge on any atom is 0.387 e. The van der Waals surface area contributed by atoms with Gasteiger partial charge in [-0.1, -0.05) is 18.2 Å². The number of aliphatic carboxylic acids is 1. The molecule has 1 aliphatic carbocycles. The van der Waals surface area contributed by atoms with E-state index in [2.05, 4.69) is 4.74 Å². The molecule has 1 aromatic rings. The summed E-state index contributed by atoms with van der Waals surface area (Å²) >= 11 is 0. The number of benzene rings is 1. The smallest absolute Gasteiger partial charge is 0.387 e. The van der Waals surface area contributed by atoms with Crippen molar-refractivity contribution in [1.29, 1.82) is 0 Å². The summed E-state index contributed by atoms with van der Waals surface area (Å²) in [5.41, 5.74) is 0.572. The normalized spacial score (nSPS) is 16.6. The van der Waals surface area contributed by atoms with Gasteiger partial charge in [0.15, 0.2) is 0 Å². The molecule has 1 fully saturated rings. The fourth-order valence-electron chi connectivity index (χ4n) is 2.21. The maximum atomic E-state index is 12.3. The summed E-state index contributed by atoms with van der Waals surface area (Å²) in [5.74, 6) is -0.801. The third kappa shape index (κ3) is 3.18. The van der Waals surface area contributed by atoms with Gasteiger partial charge < -0.3 is 9.84 Å². The third-order valence-corrected chi connectivity index (χ3v) is 3.12. The highest BCUT2D eigenvalue weighted by atomic mass is 19.3. The lowest BCUT2D eigenvalue weighted by Gasteiger charge is -2.18. The summed E-state index contributed by atoms with van der Waals surface area (Å²) in [6, 6.07) is 6.44. The van der Waals surface area contributed by atoms with Gasteiger partial charge in [-0.25, -0.2) is 0 Å². The highest BCUT2D eigenvalue weighted by Gasteiger charge is 2.35. The molecule has 0 heterocycles. The lowest BCUT2D eigenvalue weighted by molar-refractivity contribution is -0.137. The third-order valence-electron chi connectivity index (χ3n) is 3.12. The van der Waals surface area contributed by atoms with Crippen molar-refractivity contribution in [3.8, 4) is 5.75 Å². The molecule has 5 heteroatoms. The van der Waals surface area contributed by atoms with Gasteiger partial charge in [-0.15, -0.1) is 0 Å². The molecule has 0 saturated heterocycles. The van der Waals surface area contributed by atoms with Crippen LogP contribution in [0.5, 0.6) is 5.75 Å². The number of para-hydroxylation sites is 1. The number of carbonyl (C=O) groups is 1. The Balaban J connectivity index is 2.25. The first-order chi connectivity index (χ1) is 8.58. The Kier molecular flexibility index (Phi) is 3.79. The van der Waals surface area contributed by atoms with Gasteiger partial charge in [0.2, 0.25) is 0 Å². The SMILES string of the molecule is O=C(O)CC(c1ccccc1OC(F)F)C1CC1. The highest BCUT2D eigenvalue weighted by Crippen LogP contribution is 2.47. The van der Waals surface area contributed by atoms with Crippen LogP contribution in [0, 0.1) is 5.92 Å². The molecule has 0 amide bonds. The molecular formula is C13H14F2O3. The number of alkyl halides is 2. The van der Waals surface area contributed by atoms with Crippen LogP contribution in [-0.4, -0.2) is 17.7 Å². The molecule has 0 aromatic heterocycles. The van der Waals surface area contributed by atoms with Crippen LogP contribution in [0.25, 0.3) is 0 Å². The van der Waals surface area contributed by atoms with Crippen LogP contribution in [0.1, 0.15) is 30.7 Å². The molecule has 2 rings (SSSR count). The highest BCUT2D eigenvalue weighted by molar-refractivity contribution is 5.68. The minimum Gasteiger partial charge on any atom is -0.481 e. The molecule has 1 unspecified atom stereocenters. The molecule has 0 bridgehead atoms. The molecule has 0 radical (unpaired) electrons. The van der Waals surface area contributed by atoms with Crippen LogP contribution in [0.15, 0.2) is 24.3 Å². The predicted molar refractivity (Wildman–Crippen MR) is 60.8 cm³/mol. The van der Waals surface area contributed by atoms with Crippen molar-refractivity contribution in [2.75, 3.05) is 0 Å². The van der Waals surface area contributed by atoms with Gasteiger partial charge in [-0.2, -0.15) is 8.78 Å². The van der Waals surface area contributed by atoms with Gasteiger partial charge in [0.25, 0.3) is 0 Å². The number of hydrogen-bond donors (Lipinski definition) is 1. The molecule has 0 spiro atoms. The van der Waals surface area contributed by atoms with Gasteiger partial charge in [0, 0.05) is 5.92 Å². The van der Waals surface area contributed by atoms with E-state index in [1.807, 2.05) is 0 Å². The molecule has 3 nitrogen and oxygen atoms in total. The van der Waals surface area contributed by atoms with Crippen molar-refractivity contribution in [1.82, 2.24) is 0 Å². The van der Waals surface area contributed by atoms with E-state index in [1.165, 1.54) is 6.07 Å². The van der Waals surface area contributed by atoms with E-state index in [0.717, 1.165) is 12.8 Å². The fourth-order valence-corrected chi connectivity index (χ4v) is 2.21. The van der Waals surface area contributed by atoms with Gasteiger partial charge in [-0.05, 0) is 30.4 Å². The predicted octanol–water partition coefficient (Wildman–Crippen LogP) is 3.26. The van der Waals surface area contributed by atoms with Crippen LogP contribution in [0.2, 0.25) is 0 Å². The van der Waals surface area contributed by atoms with Gasteiger partial charge in [-0.3, -0.25) is 4.79 Å². The van der Waals surface area contributed by atoms with Crippen molar-refractivity contribution >= 4 is 5.97 Å². The molecule has 18 heavy (non-hydrogen) atoms. The van der Waals surface area contributed by atoms with Crippen LogP contribution in [0.3, 0.4) is 0 Å². The van der Waals surface area contributed by atoms with Gasteiger partial charge >= 0.3 is 12.6 Å². The number of carboxylic acids is 1. The Morgan fingerprint density at radius 2 is 2.06 bits per heavy atom. The number of ether oxygens (including phenoxy) is 1. The average molecular weight is 256 g/mol. The second-order valence-electron chi connectivity index (χ2n) is 4.46. The molecule has 1 atom stereocenters. The second-order valence-corrected chi connectivity index (χ2v) is 4.46. The minimum atomic E-state index is -2.89. The number of carboxylic acid groups (broad SMARTS) is 1. The molecule has 0 aliphatic heterocycles. The summed E-state index contributed by atoms with van der Waals surface area (Å²) in [7, 11) is 0. The molecule has 1 aromatic carbocycles. The second kappa shape index (κ2) is 5.33.